The average Bonchev–Trinajstić information content (AvgIpc) is 2.56. The first-order chi connectivity index (χ1) is 6.16. The highest BCUT2D eigenvalue weighted by Gasteiger charge is 2.31. The summed E-state index contributed by atoms with van der Waals surface area (Å²) in [5.41, 5.74) is 0. The molecule has 70 valence electrons. The Hall–Kier alpha value is -1.43. The van der Waals surface area contributed by atoms with E-state index in [2.05, 4.69) is 9.72 Å². The van der Waals surface area contributed by atoms with Crippen molar-refractivity contribution in [1.82, 2.24) is 4.98 Å². The zero-order valence-electron chi connectivity index (χ0n) is 6.76. The summed E-state index contributed by atoms with van der Waals surface area (Å²) in [5, 5.41) is 10.6. The molecular weight excluding hydrogens is 194 g/mol. The SMILES string of the molecule is COC(=O)C(C(=O)O)c1nccs1. The number of hydrogen-bond acceptors (Lipinski definition) is 5. The molecule has 0 aliphatic carbocycles. The van der Waals surface area contributed by atoms with E-state index in [1.807, 2.05) is 0 Å². The highest BCUT2D eigenvalue weighted by atomic mass is 32.1. The number of ether oxygens (including phenoxy) is 1. The third kappa shape index (κ3) is 2.03. The lowest BCUT2D eigenvalue weighted by atomic mass is 10.1. The zero-order valence-corrected chi connectivity index (χ0v) is 7.58. The van der Waals surface area contributed by atoms with Crippen LogP contribution in [0.2, 0.25) is 0 Å². The van der Waals surface area contributed by atoms with Crippen LogP contribution in [0.3, 0.4) is 0 Å². The second-order valence-corrected chi connectivity index (χ2v) is 3.09. The van der Waals surface area contributed by atoms with Gasteiger partial charge in [0, 0.05) is 11.6 Å². The Morgan fingerprint density at radius 2 is 2.38 bits per heavy atom. The summed E-state index contributed by atoms with van der Waals surface area (Å²) in [6.45, 7) is 0. The molecule has 5 nitrogen and oxygen atoms in total. The fourth-order valence-electron chi connectivity index (χ4n) is 0.802. The number of carboxylic acids is 1. The molecule has 13 heavy (non-hydrogen) atoms. The van der Waals surface area contributed by atoms with Gasteiger partial charge in [-0.2, -0.15) is 0 Å². The van der Waals surface area contributed by atoms with E-state index in [1.54, 1.807) is 5.38 Å². The predicted octanol–water partition coefficient (Wildman–Crippen LogP) is 0.484. The maximum Gasteiger partial charge on any atom is 0.327 e. The first kappa shape index (κ1) is 9.66. The Balaban J connectivity index is 2.93. The molecule has 6 heteroatoms. The van der Waals surface area contributed by atoms with Gasteiger partial charge >= 0.3 is 11.9 Å². The van der Waals surface area contributed by atoms with Crippen molar-refractivity contribution in [3.63, 3.8) is 0 Å². The van der Waals surface area contributed by atoms with Crippen molar-refractivity contribution in [3.05, 3.63) is 16.6 Å². The molecule has 0 saturated carbocycles. The van der Waals surface area contributed by atoms with Crippen LogP contribution in [0, 0.1) is 0 Å². The van der Waals surface area contributed by atoms with Crippen molar-refractivity contribution < 1.29 is 19.4 Å². The number of nitrogens with zero attached hydrogens (tertiary/aromatic N) is 1. The Kier molecular flexibility index (Phi) is 2.97. The quantitative estimate of drug-likeness (QED) is 0.568. The van der Waals surface area contributed by atoms with Gasteiger partial charge in [-0.05, 0) is 0 Å². The molecule has 1 aromatic rings. The molecule has 0 aromatic carbocycles. The minimum atomic E-state index is -1.30. The molecule has 1 N–H and O–H groups in total. The summed E-state index contributed by atoms with van der Waals surface area (Å²) < 4.78 is 4.34. The van der Waals surface area contributed by atoms with Crippen LogP contribution in [0.15, 0.2) is 11.6 Å². The van der Waals surface area contributed by atoms with Crippen LogP contribution >= 0.6 is 11.3 Å². The second kappa shape index (κ2) is 3.99. The molecule has 0 amide bonds. The molecule has 1 atom stereocenters. The first-order valence-corrected chi connectivity index (χ1v) is 4.24. The molecule has 1 rings (SSSR count). The van der Waals surface area contributed by atoms with E-state index in [0.29, 0.717) is 0 Å². The zero-order chi connectivity index (χ0) is 9.84. The van der Waals surface area contributed by atoms with Gasteiger partial charge in [-0.15, -0.1) is 11.3 Å². The number of aliphatic carboxylic acids is 1. The van der Waals surface area contributed by atoms with E-state index in [1.165, 1.54) is 6.20 Å². The standard InChI is InChI=1S/C7H7NO4S/c1-12-7(11)4(6(9)10)5-8-2-3-13-5/h2-4H,1H3,(H,9,10). The normalized spacial score (nSPS) is 12.1. The van der Waals surface area contributed by atoms with Crippen molar-refractivity contribution in [2.24, 2.45) is 0 Å². The molecular formula is C7H7NO4S. The molecule has 0 aliphatic heterocycles. The van der Waals surface area contributed by atoms with E-state index in [9.17, 15) is 9.59 Å². The number of carbonyl (C=O) groups excluding carboxylic acids is 1. The van der Waals surface area contributed by atoms with Crippen LogP contribution in [0.1, 0.15) is 10.9 Å². The third-order valence-corrected chi connectivity index (χ3v) is 2.22. The fraction of sp³-hybridized carbons (Fsp3) is 0.286. The minimum Gasteiger partial charge on any atom is -0.480 e. The van der Waals surface area contributed by atoms with Crippen LogP contribution < -0.4 is 0 Å². The largest absolute Gasteiger partial charge is 0.480 e. The first-order valence-electron chi connectivity index (χ1n) is 3.37. The molecule has 1 heterocycles. The number of esters is 1. The molecule has 0 fully saturated rings. The smallest absolute Gasteiger partial charge is 0.327 e. The van der Waals surface area contributed by atoms with Crippen LogP contribution in [-0.2, 0) is 14.3 Å². The summed E-state index contributed by atoms with van der Waals surface area (Å²) >= 11 is 1.11. The molecule has 0 bridgehead atoms. The van der Waals surface area contributed by atoms with Crippen molar-refractivity contribution in [1.29, 1.82) is 0 Å². The lowest BCUT2D eigenvalue weighted by Gasteiger charge is -2.05. The van der Waals surface area contributed by atoms with E-state index in [0.717, 1.165) is 18.4 Å². The molecule has 1 unspecified atom stereocenters. The van der Waals surface area contributed by atoms with E-state index in [4.69, 9.17) is 5.11 Å². The van der Waals surface area contributed by atoms with Gasteiger partial charge in [0.2, 0.25) is 5.92 Å². The Morgan fingerprint density at radius 1 is 1.69 bits per heavy atom. The number of methoxy groups -OCH3 is 1. The van der Waals surface area contributed by atoms with Gasteiger partial charge in [0.05, 0.1) is 7.11 Å². The topological polar surface area (TPSA) is 76.5 Å². The minimum absolute atomic E-state index is 0.236. The molecule has 0 saturated heterocycles. The summed E-state index contributed by atoms with van der Waals surface area (Å²) in [7, 11) is 1.14. The Morgan fingerprint density at radius 3 is 2.77 bits per heavy atom. The summed E-state index contributed by atoms with van der Waals surface area (Å²) in [6.07, 6.45) is 1.44. The summed E-state index contributed by atoms with van der Waals surface area (Å²) in [6, 6.07) is 0. The second-order valence-electron chi connectivity index (χ2n) is 2.16. The van der Waals surface area contributed by atoms with Gasteiger partial charge in [-0.3, -0.25) is 9.59 Å². The predicted molar refractivity (Wildman–Crippen MR) is 44.5 cm³/mol. The average molecular weight is 201 g/mol. The number of carbonyl (C=O) groups is 2. The van der Waals surface area contributed by atoms with Gasteiger partial charge in [0.1, 0.15) is 5.01 Å². The van der Waals surface area contributed by atoms with Gasteiger partial charge < -0.3 is 9.84 Å². The molecule has 1 aromatic heterocycles. The fourth-order valence-corrected chi connectivity index (χ4v) is 1.52. The van der Waals surface area contributed by atoms with Crippen molar-refractivity contribution in [3.8, 4) is 0 Å². The van der Waals surface area contributed by atoms with Crippen molar-refractivity contribution >= 4 is 23.3 Å². The molecule has 0 radical (unpaired) electrons. The van der Waals surface area contributed by atoms with Gasteiger partial charge in [0.25, 0.3) is 0 Å². The van der Waals surface area contributed by atoms with Crippen LogP contribution in [0.5, 0.6) is 0 Å². The Labute approximate surface area is 78.0 Å². The lowest BCUT2D eigenvalue weighted by molar-refractivity contribution is -0.152. The summed E-state index contributed by atoms with van der Waals surface area (Å²) in [4.78, 5) is 25.4. The number of aromatic nitrogens is 1. The van der Waals surface area contributed by atoms with Crippen molar-refractivity contribution in [2.45, 2.75) is 5.92 Å². The van der Waals surface area contributed by atoms with E-state index >= 15 is 0 Å². The van der Waals surface area contributed by atoms with Gasteiger partial charge in [-0.1, -0.05) is 0 Å². The highest BCUT2D eigenvalue weighted by molar-refractivity contribution is 7.09. The van der Waals surface area contributed by atoms with Crippen LogP contribution in [-0.4, -0.2) is 29.1 Å². The Bertz CT molecular complexity index is 308. The van der Waals surface area contributed by atoms with E-state index in [-0.39, 0.29) is 5.01 Å². The third-order valence-electron chi connectivity index (χ3n) is 1.38. The maximum absolute atomic E-state index is 11.0. The van der Waals surface area contributed by atoms with Gasteiger partial charge in [-0.25, -0.2) is 4.98 Å². The molecule has 0 spiro atoms. The lowest BCUT2D eigenvalue weighted by Crippen LogP contribution is -2.22. The van der Waals surface area contributed by atoms with Gasteiger partial charge in [0.15, 0.2) is 0 Å². The number of hydrogen-bond donors (Lipinski definition) is 1. The highest BCUT2D eigenvalue weighted by Crippen LogP contribution is 2.19. The summed E-state index contributed by atoms with van der Waals surface area (Å²) in [5.74, 6) is -3.35. The van der Waals surface area contributed by atoms with E-state index < -0.39 is 17.9 Å². The molecule has 0 aliphatic rings. The number of thiazole rings is 1. The van der Waals surface area contributed by atoms with Crippen LogP contribution in [0.25, 0.3) is 0 Å². The maximum atomic E-state index is 11.0. The van der Waals surface area contributed by atoms with Crippen LogP contribution in [0.4, 0.5) is 0 Å². The van der Waals surface area contributed by atoms with Crippen molar-refractivity contribution in [2.75, 3.05) is 7.11 Å². The monoisotopic (exact) mass is 201 g/mol. The number of rotatable bonds is 3. The number of carboxylic acid groups (broad SMARTS) is 1.